The average Bonchev–Trinajstić information content (AvgIpc) is 2.86. The third-order valence-corrected chi connectivity index (χ3v) is 5.37. The van der Waals surface area contributed by atoms with Crippen molar-refractivity contribution in [3.8, 4) is 0 Å². The smallest absolute Gasteiger partial charge is 0.312 e. The molecule has 0 saturated heterocycles. The summed E-state index contributed by atoms with van der Waals surface area (Å²) in [4.78, 5) is 11.8. The molecule has 0 N–H and O–H groups in total. The van der Waals surface area contributed by atoms with Gasteiger partial charge in [-0.3, -0.25) is 4.79 Å². The molecule has 2 heteroatoms. The van der Waals surface area contributed by atoms with Crippen molar-refractivity contribution in [1.82, 2.24) is 0 Å². The van der Waals surface area contributed by atoms with Crippen LogP contribution in [-0.2, 0) is 9.53 Å². The van der Waals surface area contributed by atoms with E-state index in [-0.39, 0.29) is 11.9 Å². The third kappa shape index (κ3) is 3.21. The maximum Gasteiger partial charge on any atom is 0.312 e. The van der Waals surface area contributed by atoms with Gasteiger partial charge in [0.05, 0.1) is 12.5 Å². The van der Waals surface area contributed by atoms with Gasteiger partial charge < -0.3 is 4.74 Å². The molecule has 1 saturated carbocycles. The van der Waals surface area contributed by atoms with Crippen molar-refractivity contribution < 1.29 is 9.53 Å². The third-order valence-electron chi connectivity index (χ3n) is 5.37. The molecule has 0 amide bonds. The Kier molecular flexibility index (Phi) is 4.70. The fourth-order valence-electron chi connectivity index (χ4n) is 3.89. The first kappa shape index (κ1) is 14.6. The summed E-state index contributed by atoms with van der Waals surface area (Å²) in [5.74, 6) is 0.727. The van der Waals surface area contributed by atoms with Crippen molar-refractivity contribution in [2.75, 3.05) is 6.61 Å². The van der Waals surface area contributed by atoms with Crippen LogP contribution in [0.5, 0.6) is 0 Å². The second-order valence-corrected chi connectivity index (χ2v) is 6.59. The van der Waals surface area contributed by atoms with Crippen molar-refractivity contribution in [1.29, 1.82) is 0 Å². The van der Waals surface area contributed by atoms with E-state index in [1.165, 1.54) is 37.7 Å². The van der Waals surface area contributed by atoms with E-state index in [2.05, 4.69) is 13.0 Å². The minimum Gasteiger partial charge on any atom is -0.466 e. The second-order valence-electron chi connectivity index (χ2n) is 6.59. The van der Waals surface area contributed by atoms with Crippen LogP contribution in [0.3, 0.4) is 0 Å². The number of allylic oxidation sites excluding steroid dienone is 1. The molecule has 0 aliphatic heterocycles. The fourth-order valence-corrected chi connectivity index (χ4v) is 3.89. The van der Waals surface area contributed by atoms with Crippen LogP contribution in [0, 0.1) is 17.3 Å². The normalized spacial score (nSPS) is 27.7. The lowest BCUT2D eigenvalue weighted by molar-refractivity contribution is -0.146. The largest absolute Gasteiger partial charge is 0.466 e. The molecule has 108 valence electrons. The van der Waals surface area contributed by atoms with Crippen LogP contribution in [0.4, 0.5) is 0 Å². The highest BCUT2D eigenvalue weighted by atomic mass is 16.5. The molecule has 0 radical (unpaired) electrons. The molecule has 0 spiro atoms. The number of esters is 1. The predicted octanol–water partition coefficient (Wildman–Crippen LogP) is 4.49. The van der Waals surface area contributed by atoms with E-state index in [0.29, 0.717) is 12.0 Å². The van der Waals surface area contributed by atoms with Gasteiger partial charge in [-0.15, -0.1) is 0 Å². The summed E-state index contributed by atoms with van der Waals surface area (Å²) < 4.78 is 5.12. The molecule has 2 nitrogen and oxygen atoms in total. The summed E-state index contributed by atoms with van der Waals surface area (Å²) in [6.45, 7) is 6.81. The van der Waals surface area contributed by atoms with Gasteiger partial charge in [-0.25, -0.2) is 0 Å². The zero-order valence-electron chi connectivity index (χ0n) is 12.7. The minimum atomic E-state index is -0.0562. The Morgan fingerprint density at radius 2 is 2.16 bits per heavy atom. The molecule has 2 atom stereocenters. The highest BCUT2D eigenvalue weighted by molar-refractivity contribution is 5.75. The molecular formula is C17H28O2. The summed E-state index contributed by atoms with van der Waals surface area (Å²) in [6, 6.07) is 0. The van der Waals surface area contributed by atoms with Crippen molar-refractivity contribution >= 4 is 5.97 Å². The molecule has 0 heterocycles. The van der Waals surface area contributed by atoms with E-state index in [0.717, 1.165) is 18.8 Å². The number of carbonyl (C=O) groups is 1. The Hall–Kier alpha value is -0.790. The van der Waals surface area contributed by atoms with Gasteiger partial charge in [0.25, 0.3) is 0 Å². The molecule has 0 bridgehead atoms. The summed E-state index contributed by atoms with van der Waals surface area (Å²) in [5, 5.41) is 0. The molecule has 2 aliphatic rings. The predicted molar refractivity (Wildman–Crippen MR) is 77.8 cm³/mol. The summed E-state index contributed by atoms with van der Waals surface area (Å²) in [7, 11) is 0. The maximum absolute atomic E-state index is 11.8. The Morgan fingerprint density at radius 1 is 1.47 bits per heavy atom. The Morgan fingerprint density at radius 3 is 2.68 bits per heavy atom. The zero-order valence-corrected chi connectivity index (χ0v) is 12.7. The van der Waals surface area contributed by atoms with Crippen molar-refractivity contribution in [3.05, 3.63) is 11.6 Å². The van der Waals surface area contributed by atoms with E-state index >= 15 is 0 Å². The molecule has 0 aromatic rings. The van der Waals surface area contributed by atoms with Crippen LogP contribution in [0.2, 0.25) is 0 Å². The molecule has 2 aliphatic carbocycles. The van der Waals surface area contributed by atoms with E-state index in [1.54, 1.807) is 0 Å². The van der Waals surface area contributed by atoms with Gasteiger partial charge in [-0.05, 0) is 57.3 Å². The number of rotatable bonds is 4. The lowest BCUT2D eigenvalue weighted by atomic mass is 9.68. The van der Waals surface area contributed by atoms with Gasteiger partial charge in [-0.1, -0.05) is 31.4 Å². The van der Waals surface area contributed by atoms with Crippen LogP contribution < -0.4 is 0 Å². The minimum absolute atomic E-state index is 0.0442. The summed E-state index contributed by atoms with van der Waals surface area (Å²) in [5.41, 5.74) is 1.87. The van der Waals surface area contributed by atoms with Gasteiger partial charge >= 0.3 is 5.97 Å². The molecular weight excluding hydrogens is 236 g/mol. The maximum atomic E-state index is 11.8. The quantitative estimate of drug-likeness (QED) is 0.552. The number of hydrogen-bond acceptors (Lipinski definition) is 2. The lowest BCUT2D eigenvalue weighted by Gasteiger charge is -2.37. The Labute approximate surface area is 117 Å². The summed E-state index contributed by atoms with van der Waals surface area (Å²) >= 11 is 0. The second kappa shape index (κ2) is 6.11. The van der Waals surface area contributed by atoms with Crippen molar-refractivity contribution in [2.45, 2.75) is 65.7 Å². The van der Waals surface area contributed by atoms with Crippen molar-refractivity contribution in [3.63, 3.8) is 0 Å². The molecule has 0 unspecified atom stereocenters. The highest BCUT2D eigenvalue weighted by Crippen LogP contribution is 2.49. The molecule has 1 fully saturated rings. The number of hydrogen-bond donors (Lipinski definition) is 0. The lowest BCUT2D eigenvalue weighted by Crippen LogP contribution is -2.27. The average molecular weight is 264 g/mol. The van der Waals surface area contributed by atoms with Gasteiger partial charge in [0.1, 0.15) is 0 Å². The zero-order chi connectivity index (χ0) is 13.9. The Balaban J connectivity index is 1.94. The molecule has 2 rings (SSSR count). The van der Waals surface area contributed by atoms with E-state index in [4.69, 9.17) is 4.74 Å². The highest BCUT2D eigenvalue weighted by Gasteiger charge is 2.37. The van der Waals surface area contributed by atoms with Crippen molar-refractivity contribution in [2.24, 2.45) is 17.3 Å². The first-order valence-electron chi connectivity index (χ1n) is 7.92. The first-order valence-corrected chi connectivity index (χ1v) is 7.92. The van der Waals surface area contributed by atoms with Crippen LogP contribution in [0.15, 0.2) is 11.6 Å². The van der Waals surface area contributed by atoms with E-state index in [9.17, 15) is 4.79 Å². The molecule has 0 aromatic heterocycles. The topological polar surface area (TPSA) is 26.3 Å². The number of ether oxygens (including phenoxy) is 1. The first-order chi connectivity index (χ1) is 9.07. The van der Waals surface area contributed by atoms with Gasteiger partial charge in [0.2, 0.25) is 0 Å². The van der Waals surface area contributed by atoms with Gasteiger partial charge in [-0.2, -0.15) is 0 Å². The fraction of sp³-hybridized carbons (Fsp3) is 0.824. The van der Waals surface area contributed by atoms with E-state index in [1.807, 2.05) is 13.8 Å². The SMILES string of the molecule is CCOC(=O)[C@@H](C)C1=CC[C@H](C2(C)CCCC2)CC1. The van der Waals surface area contributed by atoms with Gasteiger partial charge in [0, 0.05) is 0 Å². The van der Waals surface area contributed by atoms with Gasteiger partial charge in [0.15, 0.2) is 0 Å². The van der Waals surface area contributed by atoms with Crippen LogP contribution in [-0.4, -0.2) is 12.6 Å². The summed E-state index contributed by atoms with van der Waals surface area (Å²) in [6.07, 6.45) is 11.4. The monoisotopic (exact) mass is 264 g/mol. The Bertz CT molecular complexity index is 350. The van der Waals surface area contributed by atoms with E-state index < -0.39 is 0 Å². The number of carbonyl (C=O) groups excluding carboxylic acids is 1. The standard InChI is InChI=1S/C17H28O2/c1-4-19-16(18)13(2)14-7-9-15(10-8-14)17(3)11-5-6-12-17/h7,13,15H,4-6,8-12H2,1-3H3/t13-,15-/m0/s1. The molecule has 0 aromatic carbocycles. The molecule has 19 heavy (non-hydrogen) atoms. The van der Waals surface area contributed by atoms with Crippen LogP contribution >= 0.6 is 0 Å². The van der Waals surface area contributed by atoms with Crippen LogP contribution in [0.1, 0.15) is 65.7 Å². The van der Waals surface area contributed by atoms with Crippen LogP contribution in [0.25, 0.3) is 0 Å².